The van der Waals surface area contributed by atoms with Crippen molar-refractivity contribution in [2.45, 2.75) is 18.5 Å². The molecule has 3 aromatic rings. The van der Waals surface area contributed by atoms with E-state index in [0.717, 1.165) is 10.5 Å². The van der Waals surface area contributed by atoms with Gasteiger partial charge in [0.1, 0.15) is 12.3 Å². The van der Waals surface area contributed by atoms with Crippen LogP contribution in [0, 0.1) is 0 Å². The maximum atomic E-state index is 13.5. The number of imide groups is 2. The van der Waals surface area contributed by atoms with Gasteiger partial charge in [0.25, 0.3) is 5.91 Å². The minimum atomic E-state index is -1.36. The van der Waals surface area contributed by atoms with Crippen LogP contribution in [0.1, 0.15) is 16.9 Å². The summed E-state index contributed by atoms with van der Waals surface area (Å²) < 4.78 is 5.11. The molecule has 6 amide bonds. The third-order valence-corrected chi connectivity index (χ3v) is 5.31. The largest absolute Gasteiger partial charge is 0.467 e. The number of nitrogens with zero attached hydrogens (tertiary/aromatic N) is 1. The summed E-state index contributed by atoms with van der Waals surface area (Å²) >= 11 is 0. The number of nitrogens with one attached hydrogen (secondary N) is 3. The number of furan rings is 1. The van der Waals surface area contributed by atoms with Crippen LogP contribution in [0.4, 0.5) is 9.59 Å². The average molecular weight is 446 g/mol. The number of rotatable bonds is 7. The van der Waals surface area contributed by atoms with Gasteiger partial charge in [0.05, 0.1) is 12.8 Å². The van der Waals surface area contributed by atoms with Crippen LogP contribution in [0.15, 0.2) is 83.5 Å². The highest BCUT2D eigenvalue weighted by atomic mass is 16.3. The summed E-state index contributed by atoms with van der Waals surface area (Å²) in [6, 6.07) is 20.1. The van der Waals surface area contributed by atoms with Gasteiger partial charge in [0.2, 0.25) is 5.91 Å². The Bertz CT molecular complexity index is 1150. The highest BCUT2D eigenvalue weighted by Gasteiger charge is 2.52. The molecule has 168 valence electrons. The summed E-state index contributed by atoms with van der Waals surface area (Å²) in [4.78, 5) is 51.5. The first-order chi connectivity index (χ1) is 16.0. The molecule has 1 aromatic heterocycles. The first kappa shape index (κ1) is 21.8. The summed E-state index contributed by atoms with van der Waals surface area (Å²) in [7, 11) is 0. The summed E-state index contributed by atoms with van der Waals surface area (Å²) in [5.41, 5.74) is 0.0894. The molecule has 3 N–H and O–H groups in total. The van der Waals surface area contributed by atoms with E-state index in [4.69, 9.17) is 4.42 Å². The Morgan fingerprint density at radius 2 is 1.64 bits per heavy atom. The van der Waals surface area contributed by atoms with Gasteiger partial charge in [0.15, 0.2) is 5.54 Å². The smallest absolute Gasteiger partial charge is 0.325 e. The number of hydrogen-bond donors (Lipinski definition) is 3. The molecular weight excluding hydrogens is 424 g/mol. The Labute approximate surface area is 189 Å². The van der Waals surface area contributed by atoms with E-state index in [1.54, 1.807) is 36.4 Å². The summed E-state index contributed by atoms with van der Waals surface area (Å²) in [6.07, 6.45) is 1.68. The van der Waals surface area contributed by atoms with Crippen LogP contribution < -0.4 is 16.0 Å². The van der Waals surface area contributed by atoms with Crippen LogP contribution >= 0.6 is 0 Å². The standard InChI is InChI=1S/C24H22N4O5/c29-20(26-22(31)25-15-19-12-7-13-33-19)16-28-21(30)24(27-23(28)32,18-10-5-2-6-11-18)14-17-8-3-1-4-9-17/h1-13H,14-16H2,(H,27,32)(H2,25,26,29,31)/t24-/m0/s1. The zero-order valence-corrected chi connectivity index (χ0v) is 17.6. The van der Waals surface area contributed by atoms with Crippen LogP contribution in [0.3, 0.4) is 0 Å². The molecular formula is C24H22N4O5. The predicted octanol–water partition coefficient (Wildman–Crippen LogP) is 2.30. The first-order valence-corrected chi connectivity index (χ1v) is 10.3. The van der Waals surface area contributed by atoms with Crippen molar-refractivity contribution in [2.75, 3.05) is 6.54 Å². The normalized spacial score (nSPS) is 17.5. The van der Waals surface area contributed by atoms with Crippen LogP contribution in [0.2, 0.25) is 0 Å². The Kier molecular flexibility index (Phi) is 6.21. The van der Waals surface area contributed by atoms with Crippen molar-refractivity contribution in [2.24, 2.45) is 0 Å². The molecule has 0 spiro atoms. The van der Waals surface area contributed by atoms with Crippen LogP contribution in [-0.2, 0) is 28.1 Å². The highest BCUT2D eigenvalue weighted by Crippen LogP contribution is 2.32. The van der Waals surface area contributed by atoms with Crippen LogP contribution in [0.5, 0.6) is 0 Å². The summed E-state index contributed by atoms with van der Waals surface area (Å²) in [5, 5.41) is 7.37. The van der Waals surface area contributed by atoms with E-state index < -0.39 is 36.0 Å². The molecule has 9 nitrogen and oxygen atoms in total. The van der Waals surface area contributed by atoms with Gasteiger partial charge in [-0.3, -0.25) is 19.8 Å². The zero-order valence-electron chi connectivity index (χ0n) is 17.6. The third kappa shape index (κ3) is 4.77. The maximum absolute atomic E-state index is 13.5. The van der Waals surface area contributed by atoms with E-state index in [0.29, 0.717) is 11.3 Å². The van der Waals surface area contributed by atoms with E-state index in [1.165, 1.54) is 6.26 Å². The predicted molar refractivity (Wildman–Crippen MR) is 118 cm³/mol. The fourth-order valence-corrected chi connectivity index (χ4v) is 3.75. The van der Waals surface area contributed by atoms with E-state index >= 15 is 0 Å². The fourth-order valence-electron chi connectivity index (χ4n) is 3.75. The Hall–Kier alpha value is -4.40. The van der Waals surface area contributed by atoms with E-state index in [2.05, 4.69) is 16.0 Å². The Morgan fingerprint density at radius 3 is 2.30 bits per heavy atom. The lowest BCUT2D eigenvalue weighted by Gasteiger charge is -2.27. The molecule has 33 heavy (non-hydrogen) atoms. The van der Waals surface area contributed by atoms with E-state index in [-0.39, 0.29) is 13.0 Å². The van der Waals surface area contributed by atoms with Crippen molar-refractivity contribution in [3.05, 3.63) is 95.9 Å². The minimum Gasteiger partial charge on any atom is -0.467 e. The van der Waals surface area contributed by atoms with Crippen molar-refractivity contribution in [3.63, 3.8) is 0 Å². The number of amides is 6. The van der Waals surface area contributed by atoms with Gasteiger partial charge in [-0.1, -0.05) is 60.7 Å². The van der Waals surface area contributed by atoms with Gasteiger partial charge in [-0.2, -0.15) is 0 Å². The topological polar surface area (TPSA) is 121 Å². The fraction of sp³-hybridized carbons (Fsp3) is 0.167. The van der Waals surface area contributed by atoms with E-state index in [9.17, 15) is 19.2 Å². The Balaban J connectivity index is 1.48. The Morgan fingerprint density at radius 1 is 0.939 bits per heavy atom. The van der Waals surface area contributed by atoms with Gasteiger partial charge < -0.3 is 15.1 Å². The molecule has 0 radical (unpaired) electrons. The van der Waals surface area contributed by atoms with Gasteiger partial charge in [-0.25, -0.2) is 9.59 Å². The molecule has 9 heteroatoms. The molecule has 4 rings (SSSR count). The molecule has 1 aliphatic rings. The molecule has 0 saturated carbocycles. The third-order valence-electron chi connectivity index (χ3n) is 5.31. The summed E-state index contributed by atoms with van der Waals surface area (Å²) in [6.45, 7) is -0.508. The van der Waals surface area contributed by atoms with Gasteiger partial charge >= 0.3 is 12.1 Å². The van der Waals surface area contributed by atoms with Crippen molar-refractivity contribution in [1.29, 1.82) is 0 Å². The maximum Gasteiger partial charge on any atom is 0.325 e. The van der Waals surface area contributed by atoms with Crippen molar-refractivity contribution < 1.29 is 23.6 Å². The second-order valence-corrected chi connectivity index (χ2v) is 7.57. The molecule has 0 aliphatic carbocycles. The summed E-state index contributed by atoms with van der Waals surface area (Å²) in [5.74, 6) is -0.840. The molecule has 0 bridgehead atoms. The number of carbonyl (C=O) groups excluding carboxylic acids is 4. The zero-order chi connectivity index (χ0) is 23.3. The van der Waals surface area contributed by atoms with Crippen LogP contribution in [0.25, 0.3) is 0 Å². The SMILES string of the molecule is O=C(CN1C(=O)N[C@@](Cc2ccccc2)(c2ccccc2)C1=O)NC(=O)NCc1ccco1. The van der Waals surface area contributed by atoms with Gasteiger partial charge in [-0.05, 0) is 23.3 Å². The second kappa shape index (κ2) is 9.39. The average Bonchev–Trinajstić information content (AvgIpc) is 3.42. The lowest BCUT2D eigenvalue weighted by molar-refractivity contribution is -0.135. The van der Waals surface area contributed by atoms with Crippen LogP contribution in [-0.4, -0.2) is 35.3 Å². The lowest BCUT2D eigenvalue weighted by Crippen LogP contribution is -2.48. The number of urea groups is 2. The lowest BCUT2D eigenvalue weighted by atomic mass is 9.83. The van der Waals surface area contributed by atoms with Crippen molar-refractivity contribution in [3.8, 4) is 0 Å². The molecule has 1 fully saturated rings. The molecule has 0 unspecified atom stereocenters. The molecule has 2 aromatic carbocycles. The molecule has 1 atom stereocenters. The quantitative estimate of drug-likeness (QED) is 0.481. The number of hydrogen-bond acceptors (Lipinski definition) is 5. The van der Waals surface area contributed by atoms with Crippen molar-refractivity contribution in [1.82, 2.24) is 20.9 Å². The van der Waals surface area contributed by atoms with Crippen molar-refractivity contribution >= 4 is 23.9 Å². The number of carbonyl (C=O) groups is 4. The number of benzene rings is 2. The van der Waals surface area contributed by atoms with E-state index in [1.807, 2.05) is 36.4 Å². The molecule has 2 heterocycles. The van der Waals surface area contributed by atoms with Gasteiger partial charge in [-0.15, -0.1) is 0 Å². The molecule has 1 saturated heterocycles. The second-order valence-electron chi connectivity index (χ2n) is 7.57. The van der Waals surface area contributed by atoms with Gasteiger partial charge in [0, 0.05) is 6.42 Å². The molecule has 1 aliphatic heterocycles. The first-order valence-electron chi connectivity index (χ1n) is 10.3. The monoisotopic (exact) mass is 446 g/mol. The highest BCUT2D eigenvalue weighted by molar-refractivity contribution is 6.10. The minimum absolute atomic E-state index is 0.0867.